The van der Waals surface area contributed by atoms with Crippen molar-refractivity contribution in [3.8, 4) is 11.5 Å². The minimum atomic E-state index is -0.434. The number of carbonyl (C=O) groups excluding carboxylic acids is 1. The van der Waals surface area contributed by atoms with E-state index < -0.39 is 5.97 Å². The van der Waals surface area contributed by atoms with Crippen LogP contribution in [0.4, 0.5) is 0 Å². The number of hydrogen-bond donors (Lipinski definition) is 0. The summed E-state index contributed by atoms with van der Waals surface area (Å²) in [5.41, 5.74) is 1.08. The highest BCUT2D eigenvalue weighted by atomic mass is 16.5. The van der Waals surface area contributed by atoms with Crippen LogP contribution < -0.4 is 9.47 Å². The molecule has 1 aromatic carbocycles. The third-order valence-electron chi connectivity index (χ3n) is 4.27. The molecule has 1 heterocycles. The van der Waals surface area contributed by atoms with Crippen LogP contribution in [-0.2, 0) is 11.3 Å². The van der Waals surface area contributed by atoms with Gasteiger partial charge in [-0.3, -0.25) is 4.90 Å². The topological polar surface area (TPSA) is 38.8 Å². The molecule has 112 valence electrons. The normalized spacial score (nSPS) is 19.4. The molecule has 0 unspecified atom stereocenters. The summed E-state index contributed by atoms with van der Waals surface area (Å²) in [5, 5.41) is 0. The van der Waals surface area contributed by atoms with E-state index in [9.17, 15) is 4.79 Å². The molecule has 4 heteroatoms. The smallest absolute Gasteiger partial charge is 0.335 e. The zero-order valence-electron chi connectivity index (χ0n) is 12.2. The molecule has 0 spiro atoms. The van der Waals surface area contributed by atoms with Crippen LogP contribution in [0.5, 0.6) is 11.5 Å². The van der Waals surface area contributed by atoms with E-state index >= 15 is 0 Å². The Morgan fingerprint density at radius 1 is 1.33 bits per heavy atom. The Bertz CT molecular complexity index is 535. The van der Waals surface area contributed by atoms with E-state index in [-0.39, 0.29) is 0 Å². The second kappa shape index (κ2) is 6.31. The third kappa shape index (κ3) is 3.27. The summed E-state index contributed by atoms with van der Waals surface area (Å²) >= 11 is 0. The zero-order valence-corrected chi connectivity index (χ0v) is 12.2. The number of benzene rings is 1. The summed E-state index contributed by atoms with van der Waals surface area (Å²) in [4.78, 5) is 13.7. The standard InChI is InChI=1S/C17H21NO3/c1-2-17(19)21-15-8-9-16-13(10-15)11-18(12-20-16)14-6-4-3-5-7-14/h2,8-10,14H,1,3-7,11-12H2. The minimum absolute atomic E-state index is 0.434. The summed E-state index contributed by atoms with van der Waals surface area (Å²) in [6, 6.07) is 6.15. The van der Waals surface area contributed by atoms with Gasteiger partial charge in [-0.25, -0.2) is 4.79 Å². The largest absolute Gasteiger partial charge is 0.478 e. The first-order valence-electron chi connectivity index (χ1n) is 7.60. The second-order valence-corrected chi connectivity index (χ2v) is 5.71. The maximum Gasteiger partial charge on any atom is 0.335 e. The Morgan fingerprint density at radius 3 is 2.90 bits per heavy atom. The van der Waals surface area contributed by atoms with Gasteiger partial charge in [0.05, 0.1) is 0 Å². The van der Waals surface area contributed by atoms with Gasteiger partial charge in [0.25, 0.3) is 0 Å². The molecule has 1 fully saturated rings. The van der Waals surface area contributed by atoms with Gasteiger partial charge in [0.2, 0.25) is 0 Å². The van der Waals surface area contributed by atoms with E-state index in [1.165, 1.54) is 38.2 Å². The first-order chi connectivity index (χ1) is 10.3. The first kappa shape index (κ1) is 14.1. The van der Waals surface area contributed by atoms with E-state index in [2.05, 4.69) is 11.5 Å². The van der Waals surface area contributed by atoms with Crippen LogP contribution in [0.1, 0.15) is 37.7 Å². The molecule has 1 saturated carbocycles. The highest BCUT2D eigenvalue weighted by molar-refractivity contribution is 5.83. The monoisotopic (exact) mass is 287 g/mol. The van der Waals surface area contributed by atoms with Gasteiger partial charge in [0.15, 0.2) is 0 Å². The van der Waals surface area contributed by atoms with E-state index in [1.54, 1.807) is 6.07 Å². The molecule has 21 heavy (non-hydrogen) atoms. The number of esters is 1. The molecule has 0 N–H and O–H groups in total. The fourth-order valence-corrected chi connectivity index (χ4v) is 3.14. The number of nitrogens with zero attached hydrogens (tertiary/aromatic N) is 1. The average molecular weight is 287 g/mol. The Kier molecular flexibility index (Phi) is 4.25. The van der Waals surface area contributed by atoms with Gasteiger partial charge in [-0.2, -0.15) is 0 Å². The van der Waals surface area contributed by atoms with Gasteiger partial charge >= 0.3 is 5.97 Å². The highest BCUT2D eigenvalue weighted by Crippen LogP contribution is 2.32. The van der Waals surface area contributed by atoms with Gasteiger partial charge in [0.1, 0.15) is 18.2 Å². The van der Waals surface area contributed by atoms with E-state index in [4.69, 9.17) is 9.47 Å². The molecule has 3 rings (SSSR count). The molecule has 0 saturated heterocycles. The fraction of sp³-hybridized carbons (Fsp3) is 0.471. The molecule has 0 aromatic heterocycles. The predicted octanol–water partition coefficient (Wildman–Crippen LogP) is 3.26. The molecule has 1 aromatic rings. The van der Waals surface area contributed by atoms with Crippen molar-refractivity contribution in [2.45, 2.75) is 44.7 Å². The molecule has 0 atom stereocenters. The van der Waals surface area contributed by atoms with Crippen LogP contribution in [-0.4, -0.2) is 23.6 Å². The van der Waals surface area contributed by atoms with Crippen molar-refractivity contribution in [3.05, 3.63) is 36.4 Å². The number of rotatable bonds is 3. The number of hydrogen-bond acceptors (Lipinski definition) is 4. The SMILES string of the molecule is C=CC(=O)Oc1ccc2c(c1)CN(C1CCCCC1)CO2. The predicted molar refractivity (Wildman–Crippen MR) is 80.2 cm³/mol. The molecular formula is C17H21NO3. The Balaban J connectivity index is 1.72. The van der Waals surface area contributed by atoms with Crippen molar-refractivity contribution in [3.63, 3.8) is 0 Å². The van der Waals surface area contributed by atoms with Crippen LogP contribution in [0.25, 0.3) is 0 Å². The lowest BCUT2D eigenvalue weighted by Crippen LogP contribution is -2.41. The molecule has 0 amide bonds. The van der Waals surface area contributed by atoms with E-state index in [0.717, 1.165) is 17.9 Å². The lowest BCUT2D eigenvalue weighted by molar-refractivity contribution is -0.128. The van der Waals surface area contributed by atoms with Gasteiger partial charge in [-0.1, -0.05) is 25.8 Å². The second-order valence-electron chi connectivity index (χ2n) is 5.71. The quantitative estimate of drug-likeness (QED) is 0.486. The Morgan fingerprint density at radius 2 is 2.14 bits per heavy atom. The van der Waals surface area contributed by atoms with Crippen molar-refractivity contribution in [1.29, 1.82) is 0 Å². The summed E-state index contributed by atoms with van der Waals surface area (Å²) in [5.74, 6) is 1.00. The molecule has 0 radical (unpaired) electrons. The summed E-state index contributed by atoms with van der Waals surface area (Å²) in [7, 11) is 0. The molecule has 0 bridgehead atoms. The Hall–Kier alpha value is -1.81. The summed E-state index contributed by atoms with van der Waals surface area (Å²) in [6.07, 6.45) is 7.65. The number of fused-ring (bicyclic) bond motifs is 1. The van der Waals surface area contributed by atoms with Crippen LogP contribution >= 0.6 is 0 Å². The van der Waals surface area contributed by atoms with Crippen LogP contribution in [0, 0.1) is 0 Å². The number of ether oxygens (including phenoxy) is 2. The molecular weight excluding hydrogens is 266 g/mol. The summed E-state index contributed by atoms with van der Waals surface area (Å²) in [6.45, 7) is 4.93. The molecule has 4 nitrogen and oxygen atoms in total. The third-order valence-corrected chi connectivity index (χ3v) is 4.27. The lowest BCUT2D eigenvalue weighted by atomic mass is 9.94. The molecule has 1 aliphatic carbocycles. The molecule has 2 aliphatic rings. The van der Waals surface area contributed by atoms with E-state index in [0.29, 0.717) is 18.5 Å². The number of carbonyl (C=O) groups is 1. The van der Waals surface area contributed by atoms with Gasteiger partial charge in [-0.05, 0) is 31.0 Å². The van der Waals surface area contributed by atoms with Crippen LogP contribution in [0.2, 0.25) is 0 Å². The van der Waals surface area contributed by atoms with Crippen LogP contribution in [0.3, 0.4) is 0 Å². The highest BCUT2D eigenvalue weighted by Gasteiger charge is 2.26. The average Bonchev–Trinajstić information content (AvgIpc) is 2.55. The first-order valence-corrected chi connectivity index (χ1v) is 7.60. The van der Waals surface area contributed by atoms with Crippen molar-refractivity contribution < 1.29 is 14.3 Å². The maximum absolute atomic E-state index is 11.3. The zero-order chi connectivity index (χ0) is 14.7. The van der Waals surface area contributed by atoms with Gasteiger partial charge in [-0.15, -0.1) is 0 Å². The Labute approximate surface area is 125 Å². The van der Waals surface area contributed by atoms with Crippen molar-refractivity contribution in [1.82, 2.24) is 4.90 Å². The fourth-order valence-electron chi connectivity index (χ4n) is 3.14. The van der Waals surface area contributed by atoms with Crippen molar-refractivity contribution >= 4 is 5.97 Å². The van der Waals surface area contributed by atoms with Crippen LogP contribution in [0.15, 0.2) is 30.9 Å². The van der Waals surface area contributed by atoms with Gasteiger partial charge < -0.3 is 9.47 Å². The molecule has 1 aliphatic heterocycles. The van der Waals surface area contributed by atoms with Crippen molar-refractivity contribution in [2.75, 3.05) is 6.73 Å². The summed E-state index contributed by atoms with van der Waals surface area (Å²) < 4.78 is 11.0. The maximum atomic E-state index is 11.3. The van der Waals surface area contributed by atoms with Gasteiger partial charge in [0, 0.05) is 24.2 Å². The van der Waals surface area contributed by atoms with E-state index in [1.807, 2.05) is 12.1 Å². The lowest BCUT2D eigenvalue weighted by Gasteiger charge is -2.37. The minimum Gasteiger partial charge on any atom is -0.478 e. The van der Waals surface area contributed by atoms with Crippen molar-refractivity contribution in [2.24, 2.45) is 0 Å².